The SMILES string of the molecule is C/C=C\Nc1cc(C)nc2c(OCc3c(Cl)cncc3SCc3nccn3C)cccc12. The Morgan fingerprint density at radius 1 is 1.28 bits per heavy atom. The fraction of sp³-hybridized carbons (Fsp3) is 0.208. The molecule has 0 fully saturated rings. The van der Waals surface area contributed by atoms with Crippen molar-refractivity contribution in [3.63, 3.8) is 0 Å². The molecule has 0 saturated heterocycles. The van der Waals surface area contributed by atoms with Gasteiger partial charge in [0.25, 0.3) is 0 Å². The zero-order valence-electron chi connectivity index (χ0n) is 18.2. The van der Waals surface area contributed by atoms with Crippen LogP contribution in [0.15, 0.2) is 66.2 Å². The normalized spacial score (nSPS) is 11.4. The Morgan fingerprint density at radius 2 is 2.16 bits per heavy atom. The Bertz CT molecular complexity index is 1270. The van der Waals surface area contributed by atoms with Crippen LogP contribution < -0.4 is 10.1 Å². The Kier molecular flexibility index (Phi) is 6.97. The molecule has 0 radical (unpaired) electrons. The number of aryl methyl sites for hydroxylation is 2. The summed E-state index contributed by atoms with van der Waals surface area (Å²) in [5.41, 5.74) is 3.61. The predicted octanol–water partition coefficient (Wildman–Crippen LogP) is 6.14. The summed E-state index contributed by atoms with van der Waals surface area (Å²) < 4.78 is 8.25. The number of hydrogen-bond donors (Lipinski definition) is 1. The summed E-state index contributed by atoms with van der Waals surface area (Å²) in [7, 11) is 1.98. The van der Waals surface area contributed by atoms with Crippen LogP contribution in [0, 0.1) is 6.92 Å². The van der Waals surface area contributed by atoms with Gasteiger partial charge in [0.15, 0.2) is 0 Å². The molecule has 164 valence electrons. The zero-order chi connectivity index (χ0) is 22.5. The van der Waals surface area contributed by atoms with Crippen LogP contribution in [-0.2, 0) is 19.4 Å². The summed E-state index contributed by atoms with van der Waals surface area (Å²) in [6.45, 7) is 4.26. The van der Waals surface area contributed by atoms with Crippen LogP contribution in [0.2, 0.25) is 5.02 Å². The molecule has 1 aromatic carbocycles. The number of halogens is 1. The number of para-hydroxylation sites is 1. The number of rotatable bonds is 8. The third-order valence-corrected chi connectivity index (χ3v) is 6.34. The number of pyridine rings is 2. The molecule has 0 spiro atoms. The fourth-order valence-electron chi connectivity index (χ4n) is 3.30. The summed E-state index contributed by atoms with van der Waals surface area (Å²) in [5, 5.41) is 4.89. The lowest BCUT2D eigenvalue weighted by atomic mass is 10.1. The lowest BCUT2D eigenvalue weighted by molar-refractivity contribution is 0.306. The molecule has 0 saturated carbocycles. The number of thioether (sulfide) groups is 1. The summed E-state index contributed by atoms with van der Waals surface area (Å²) >= 11 is 8.15. The minimum absolute atomic E-state index is 0.316. The average Bonchev–Trinajstić information content (AvgIpc) is 3.20. The summed E-state index contributed by atoms with van der Waals surface area (Å²) in [4.78, 5) is 14.4. The number of nitrogens with one attached hydrogen (secondary N) is 1. The van der Waals surface area contributed by atoms with Gasteiger partial charge in [-0.1, -0.05) is 29.8 Å². The van der Waals surface area contributed by atoms with Gasteiger partial charge in [-0.3, -0.25) is 4.98 Å². The van der Waals surface area contributed by atoms with Crippen LogP contribution in [-0.4, -0.2) is 19.5 Å². The first-order valence-electron chi connectivity index (χ1n) is 10.2. The van der Waals surface area contributed by atoms with Crippen LogP contribution in [0.5, 0.6) is 5.75 Å². The highest BCUT2D eigenvalue weighted by Crippen LogP contribution is 2.33. The molecule has 0 aliphatic rings. The van der Waals surface area contributed by atoms with E-state index in [0.29, 0.717) is 23.1 Å². The van der Waals surface area contributed by atoms with Gasteiger partial charge in [0.1, 0.15) is 23.7 Å². The number of aromatic nitrogens is 4. The van der Waals surface area contributed by atoms with Crippen molar-refractivity contribution in [2.75, 3.05) is 5.32 Å². The molecule has 3 aromatic heterocycles. The minimum atomic E-state index is 0.316. The Labute approximate surface area is 196 Å². The van der Waals surface area contributed by atoms with E-state index < -0.39 is 0 Å². The molecule has 32 heavy (non-hydrogen) atoms. The van der Waals surface area contributed by atoms with Crippen molar-refractivity contribution in [1.82, 2.24) is 19.5 Å². The second-order valence-corrected chi connectivity index (χ2v) is 8.66. The number of allylic oxidation sites excluding steroid dienone is 1. The van der Waals surface area contributed by atoms with Crippen LogP contribution >= 0.6 is 23.4 Å². The maximum absolute atomic E-state index is 6.50. The summed E-state index contributed by atoms with van der Waals surface area (Å²) in [6, 6.07) is 7.97. The number of fused-ring (bicyclic) bond motifs is 1. The van der Waals surface area contributed by atoms with Crippen LogP contribution in [0.1, 0.15) is 24.0 Å². The highest BCUT2D eigenvalue weighted by Gasteiger charge is 2.14. The first-order chi connectivity index (χ1) is 15.6. The van der Waals surface area contributed by atoms with Gasteiger partial charge in [-0.05, 0) is 32.2 Å². The van der Waals surface area contributed by atoms with Crippen molar-refractivity contribution in [1.29, 1.82) is 0 Å². The van der Waals surface area contributed by atoms with Gasteiger partial charge < -0.3 is 14.6 Å². The average molecular weight is 466 g/mol. The topological polar surface area (TPSA) is 64.9 Å². The molecule has 0 atom stereocenters. The number of ether oxygens (including phenoxy) is 1. The van der Waals surface area contributed by atoms with Gasteiger partial charge in [0.05, 0.1) is 10.8 Å². The van der Waals surface area contributed by atoms with Crippen molar-refractivity contribution in [3.8, 4) is 5.75 Å². The molecule has 0 amide bonds. The molecule has 0 aliphatic heterocycles. The second-order valence-electron chi connectivity index (χ2n) is 7.24. The molecular weight excluding hydrogens is 442 g/mol. The molecule has 0 unspecified atom stereocenters. The molecule has 8 heteroatoms. The largest absolute Gasteiger partial charge is 0.487 e. The highest BCUT2D eigenvalue weighted by molar-refractivity contribution is 7.98. The fourth-order valence-corrected chi connectivity index (χ4v) is 4.61. The van der Waals surface area contributed by atoms with E-state index in [4.69, 9.17) is 21.3 Å². The summed E-state index contributed by atoms with van der Waals surface area (Å²) in [6.07, 6.45) is 11.1. The number of nitrogens with zero attached hydrogens (tertiary/aromatic N) is 4. The Balaban J connectivity index is 1.60. The van der Waals surface area contributed by atoms with E-state index in [1.54, 1.807) is 24.2 Å². The quantitative estimate of drug-likeness (QED) is 0.315. The Hall–Kier alpha value is -3.03. The van der Waals surface area contributed by atoms with E-state index in [9.17, 15) is 0 Å². The molecule has 1 N–H and O–H groups in total. The maximum atomic E-state index is 6.50. The van der Waals surface area contributed by atoms with Crippen LogP contribution in [0.25, 0.3) is 10.9 Å². The van der Waals surface area contributed by atoms with Crippen LogP contribution in [0.4, 0.5) is 5.69 Å². The molecule has 4 rings (SSSR count). The highest BCUT2D eigenvalue weighted by atomic mass is 35.5. The zero-order valence-corrected chi connectivity index (χ0v) is 19.7. The third-order valence-electron chi connectivity index (χ3n) is 4.95. The van der Waals surface area contributed by atoms with E-state index in [-0.39, 0.29) is 0 Å². The molecule has 6 nitrogen and oxygen atoms in total. The van der Waals surface area contributed by atoms with E-state index in [2.05, 4.69) is 15.3 Å². The van der Waals surface area contributed by atoms with Gasteiger partial charge in [-0.2, -0.15) is 0 Å². The molecular formula is C24H24ClN5OS. The van der Waals surface area contributed by atoms with Gasteiger partial charge in [0, 0.05) is 59.1 Å². The van der Waals surface area contributed by atoms with Crippen molar-refractivity contribution in [3.05, 3.63) is 83.4 Å². The van der Waals surface area contributed by atoms with Crippen LogP contribution in [0.3, 0.4) is 0 Å². The van der Waals surface area contributed by atoms with E-state index in [1.165, 1.54) is 0 Å². The first-order valence-corrected chi connectivity index (χ1v) is 11.6. The number of imidazole rings is 1. The predicted molar refractivity (Wildman–Crippen MR) is 131 cm³/mol. The number of hydrogen-bond acceptors (Lipinski definition) is 6. The standard InChI is InChI=1S/C24H24ClN5OS/c1-4-8-27-20-11-16(2)29-24-17(20)6-5-7-21(24)31-14-18-19(25)12-26-13-22(18)32-15-23-28-9-10-30(23)3/h4-13H,14-15H2,1-3H3,(H,27,29)/b8-4-. The van der Waals surface area contributed by atoms with E-state index >= 15 is 0 Å². The molecule has 3 heterocycles. The molecule has 4 aromatic rings. The van der Waals surface area contributed by atoms with Gasteiger partial charge >= 0.3 is 0 Å². The van der Waals surface area contributed by atoms with Gasteiger partial charge in [-0.25, -0.2) is 9.97 Å². The van der Waals surface area contributed by atoms with Crippen molar-refractivity contribution in [2.24, 2.45) is 7.05 Å². The first kappa shape index (κ1) is 22.2. The smallest absolute Gasteiger partial charge is 0.146 e. The summed E-state index contributed by atoms with van der Waals surface area (Å²) in [5.74, 6) is 2.41. The third kappa shape index (κ3) is 4.89. The van der Waals surface area contributed by atoms with E-state index in [1.807, 2.05) is 74.4 Å². The van der Waals surface area contributed by atoms with Gasteiger partial charge in [0.2, 0.25) is 0 Å². The van der Waals surface area contributed by atoms with Crippen molar-refractivity contribution < 1.29 is 4.74 Å². The lowest BCUT2D eigenvalue weighted by Crippen LogP contribution is -2.02. The second kappa shape index (κ2) is 10.1. The Morgan fingerprint density at radius 3 is 2.94 bits per heavy atom. The lowest BCUT2D eigenvalue weighted by Gasteiger charge is -2.15. The van der Waals surface area contributed by atoms with Crippen molar-refractivity contribution >= 4 is 40.0 Å². The monoisotopic (exact) mass is 465 g/mol. The maximum Gasteiger partial charge on any atom is 0.146 e. The van der Waals surface area contributed by atoms with Gasteiger partial charge in [-0.15, -0.1) is 11.8 Å². The number of benzene rings is 1. The number of anilines is 1. The van der Waals surface area contributed by atoms with Crippen molar-refractivity contribution in [2.45, 2.75) is 31.1 Å². The van der Waals surface area contributed by atoms with E-state index in [0.717, 1.165) is 38.6 Å². The molecule has 0 bridgehead atoms. The minimum Gasteiger partial charge on any atom is -0.487 e. The molecule has 0 aliphatic carbocycles.